The molecule has 1 aromatic rings. The van der Waals surface area contributed by atoms with Crippen LogP contribution in [0.25, 0.3) is 0 Å². The first-order chi connectivity index (χ1) is 13.4. The molecule has 1 saturated heterocycles. The monoisotopic (exact) mass is 432 g/mol. The highest BCUT2D eigenvalue weighted by atomic mass is 35.5. The molecule has 4 atom stereocenters. The van der Waals surface area contributed by atoms with E-state index in [2.05, 4.69) is 17.2 Å². The summed E-state index contributed by atoms with van der Waals surface area (Å²) in [5.74, 6) is -1.67. The van der Waals surface area contributed by atoms with Gasteiger partial charge in [0.2, 0.25) is 5.91 Å². The Labute approximate surface area is 177 Å². The third kappa shape index (κ3) is 8.78. The molecule has 1 heterocycles. The lowest BCUT2D eigenvalue weighted by atomic mass is 9.90. The maximum Gasteiger partial charge on any atom is 0.217 e. The van der Waals surface area contributed by atoms with Gasteiger partial charge in [0.25, 0.3) is 0 Å². The zero-order chi connectivity index (χ0) is 20.5. The van der Waals surface area contributed by atoms with Crippen molar-refractivity contribution < 1.29 is 23.4 Å². The number of allylic oxidation sites excluding steroid dienone is 1. The van der Waals surface area contributed by atoms with Crippen LogP contribution in [0.2, 0.25) is 0 Å². The summed E-state index contributed by atoms with van der Waals surface area (Å²) in [4.78, 5) is 11.6. The molecule has 3 N–H and O–H groups in total. The van der Waals surface area contributed by atoms with E-state index < -0.39 is 23.8 Å². The Morgan fingerprint density at radius 3 is 2.62 bits per heavy atom. The second-order valence-electron chi connectivity index (χ2n) is 7.30. The molecule has 5 nitrogen and oxygen atoms in total. The van der Waals surface area contributed by atoms with E-state index in [0.717, 1.165) is 25.3 Å². The van der Waals surface area contributed by atoms with Crippen LogP contribution in [0.4, 0.5) is 8.78 Å². The van der Waals surface area contributed by atoms with E-state index in [0.29, 0.717) is 25.1 Å². The van der Waals surface area contributed by atoms with Crippen LogP contribution in [0.5, 0.6) is 0 Å². The number of rotatable bonds is 10. The number of piperidine rings is 1. The summed E-state index contributed by atoms with van der Waals surface area (Å²) in [6, 6.07) is 2.34. The summed E-state index contributed by atoms with van der Waals surface area (Å²) in [7, 11) is 0. The molecule has 0 aromatic heterocycles. The lowest BCUT2D eigenvalue weighted by molar-refractivity contribution is -0.120. The molecule has 1 amide bonds. The number of carbonyl (C=O) groups is 1. The van der Waals surface area contributed by atoms with Crippen LogP contribution in [-0.4, -0.2) is 48.5 Å². The van der Waals surface area contributed by atoms with Crippen molar-refractivity contribution in [2.45, 2.75) is 63.3 Å². The number of benzene rings is 1. The molecule has 1 aliphatic rings. The smallest absolute Gasteiger partial charge is 0.217 e. The first-order valence-corrected chi connectivity index (χ1v) is 9.75. The van der Waals surface area contributed by atoms with Crippen molar-refractivity contribution >= 4 is 18.3 Å². The van der Waals surface area contributed by atoms with Gasteiger partial charge in [0.15, 0.2) is 0 Å². The molecule has 164 valence electrons. The van der Waals surface area contributed by atoms with E-state index in [-0.39, 0.29) is 36.9 Å². The van der Waals surface area contributed by atoms with E-state index >= 15 is 0 Å². The molecule has 0 bridgehead atoms. The van der Waals surface area contributed by atoms with E-state index in [1.165, 1.54) is 19.1 Å². The van der Waals surface area contributed by atoms with E-state index in [1.807, 2.05) is 6.08 Å². The summed E-state index contributed by atoms with van der Waals surface area (Å²) in [5.41, 5.74) is 0.384. The third-order valence-corrected chi connectivity index (χ3v) is 4.90. The highest BCUT2D eigenvalue weighted by molar-refractivity contribution is 5.85. The molecule has 0 spiro atoms. The van der Waals surface area contributed by atoms with Gasteiger partial charge in [0, 0.05) is 32.2 Å². The van der Waals surface area contributed by atoms with Crippen LogP contribution in [0.1, 0.15) is 38.2 Å². The standard InChI is InChI=1S/C21H30F2N2O3.ClH/c1-3-4-5-8-28-18-6-7-19(24-13-18)21(27)20(25-14(2)26)11-15-9-16(22)12-17(23)10-15;/h3,9-10,12,18-21,24,27H,1,4-8,11,13H2,2H3,(H,25,26);1H/t18-,19-,20+,21+;/m1./s1. The molecule has 0 unspecified atom stereocenters. The fourth-order valence-corrected chi connectivity index (χ4v) is 3.55. The van der Waals surface area contributed by atoms with Crippen molar-refractivity contribution in [1.29, 1.82) is 0 Å². The number of amides is 1. The van der Waals surface area contributed by atoms with Crippen LogP contribution >= 0.6 is 12.4 Å². The second-order valence-corrected chi connectivity index (χ2v) is 7.30. The average molecular weight is 433 g/mol. The van der Waals surface area contributed by atoms with Crippen molar-refractivity contribution in [3.8, 4) is 0 Å². The predicted octanol–water partition coefficient (Wildman–Crippen LogP) is 2.90. The van der Waals surface area contributed by atoms with Gasteiger partial charge in [-0.3, -0.25) is 4.79 Å². The molecule has 0 aliphatic carbocycles. The van der Waals surface area contributed by atoms with Crippen LogP contribution in [0, 0.1) is 11.6 Å². The molecule has 0 radical (unpaired) electrons. The number of aliphatic hydroxyl groups excluding tert-OH is 1. The lowest BCUT2D eigenvalue weighted by Crippen LogP contribution is -2.56. The minimum Gasteiger partial charge on any atom is -0.389 e. The van der Waals surface area contributed by atoms with Crippen molar-refractivity contribution in [2.75, 3.05) is 13.2 Å². The first kappa shape index (κ1) is 25.5. The SMILES string of the molecule is C=CCCCO[C@@H]1CC[C@H]([C@H](O)[C@H](Cc2cc(F)cc(F)c2)NC(C)=O)NC1.Cl. The quantitative estimate of drug-likeness (QED) is 0.393. The zero-order valence-electron chi connectivity index (χ0n) is 16.7. The fourth-order valence-electron chi connectivity index (χ4n) is 3.55. The van der Waals surface area contributed by atoms with Crippen molar-refractivity contribution in [3.63, 3.8) is 0 Å². The molecular weight excluding hydrogens is 402 g/mol. The Kier molecular flexibility index (Phi) is 11.3. The Balaban J connectivity index is 0.00000420. The maximum atomic E-state index is 13.5. The number of carbonyl (C=O) groups excluding carboxylic acids is 1. The number of aliphatic hydroxyl groups is 1. The Morgan fingerprint density at radius 2 is 2.07 bits per heavy atom. The first-order valence-electron chi connectivity index (χ1n) is 9.75. The summed E-state index contributed by atoms with van der Waals surface area (Å²) in [5, 5.41) is 16.8. The van der Waals surface area contributed by atoms with Crippen molar-refractivity contribution in [3.05, 3.63) is 48.1 Å². The zero-order valence-corrected chi connectivity index (χ0v) is 17.5. The number of unbranched alkanes of at least 4 members (excludes halogenated alkanes) is 1. The van der Waals surface area contributed by atoms with Gasteiger partial charge >= 0.3 is 0 Å². The third-order valence-electron chi connectivity index (χ3n) is 4.90. The number of nitrogens with one attached hydrogen (secondary N) is 2. The van der Waals surface area contributed by atoms with Crippen LogP contribution in [-0.2, 0) is 16.0 Å². The van der Waals surface area contributed by atoms with Gasteiger partial charge < -0.3 is 20.5 Å². The second kappa shape index (κ2) is 12.9. The number of ether oxygens (including phenoxy) is 1. The van der Waals surface area contributed by atoms with Gasteiger partial charge in [-0.2, -0.15) is 0 Å². The van der Waals surface area contributed by atoms with Gasteiger partial charge in [-0.25, -0.2) is 8.78 Å². The highest BCUT2D eigenvalue weighted by Crippen LogP contribution is 2.19. The van der Waals surface area contributed by atoms with Crippen LogP contribution < -0.4 is 10.6 Å². The van der Waals surface area contributed by atoms with Gasteiger partial charge in [-0.05, 0) is 49.8 Å². The van der Waals surface area contributed by atoms with Gasteiger partial charge in [-0.15, -0.1) is 19.0 Å². The Morgan fingerprint density at radius 1 is 1.38 bits per heavy atom. The van der Waals surface area contributed by atoms with E-state index in [1.54, 1.807) is 0 Å². The number of halogens is 3. The van der Waals surface area contributed by atoms with E-state index in [9.17, 15) is 18.7 Å². The molecular formula is C21H31ClF2N2O3. The Hall–Kier alpha value is -1.54. The lowest BCUT2D eigenvalue weighted by Gasteiger charge is -2.36. The average Bonchev–Trinajstić information content (AvgIpc) is 2.63. The van der Waals surface area contributed by atoms with Gasteiger partial charge in [-0.1, -0.05) is 6.08 Å². The van der Waals surface area contributed by atoms with Crippen LogP contribution in [0.15, 0.2) is 30.9 Å². The molecule has 2 rings (SSSR count). The normalized spacial score (nSPS) is 21.0. The van der Waals surface area contributed by atoms with Crippen molar-refractivity contribution in [2.24, 2.45) is 0 Å². The molecule has 0 saturated carbocycles. The molecule has 1 aromatic carbocycles. The fraction of sp³-hybridized carbons (Fsp3) is 0.571. The predicted molar refractivity (Wildman–Crippen MR) is 111 cm³/mol. The van der Waals surface area contributed by atoms with E-state index in [4.69, 9.17) is 4.74 Å². The van der Waals surface area contributed by atoms with Gasteiger partial charge in [0.05, 0.1) is 18.2 Å². The summed E-state index contributed by atoms with van der Waals surface area (Å²) in [6.45, 7) is 6.32. The van der Waals surface area contributed by atoms with Crippen molar-refractivity contribution in [1.82, 2.24) is 10.6 Å². The Bertz CT molecular complexity index is 635. The van der Waals surface area contributed by atoms with Gasteiger partial charge in [0.1, 0.15) is 11.6 Å². The molecule has 29 heavy (non-hydrogen) atoms. The summed E-state index contributed by atoms with van der Waals surface area (Å²) < 4.78 is 32.8. The number of hydrogen-bond acceptors (Lipinski definition) is 4. The molecule has 8 heteroatoms. The molecule has 1 aliphatic heterocycles. The number of hydrogen-bond donors (Lipinski definition) is 3. The minimum absolute atomic E-state index is 0. The topological polar surface area (TPSA) is 70.6 Å². The minimum atomic E-state index is -0.892. The maximum absolute atomic E-state index is 13.5. The largest absolute Gasteiger partial charge is 0.389 e. The highest BCUT2D eigenvalue weighted by Gasteiger charge is 2.32. The van der Waals surface area contributed by atoms with Crippen LogP contribution in [0.3, 0.4) is 0 Å². The summed E-state index contributed by atoms with van der Waals surface area (Å²) in [6.07, 6.45) is 4.52. The molecule has 1 fully saturated rings. The summed E-state index contributed by atoms with van der Waals surface area (Å²) >= 11 is 0.